The van der Waals surface area contributed by atoms with Crippen molar-refractivity contribution in [1.29, 1.82) is 0 Å². The van der Waals surface area contributed by atoms with Crippen LogP contribution in [0.5, 0.6) is 0 Å². The quantitative estimate of drug-likeness (QED) is 0.0398. The fraction of sp³-hybridized carbons (Fsp3) is 0.821. The first kappa shape index (κ1) is 72.8. The van der Waals surface area contributed by atoms with Crippen molar-refractivity contribution in [2.45, 2.75) is 297 Å². The molecule has 0 aliphatic heterocycles. The first-order chi connectivity index (χ1) is 44.5. The van der Waals surface area contributed by atoms with E-state index >= 15 is 0 Å². The van der Waals surface area contributed by atoms with Crippen molar-refractivity contribution >= 4 is 29.8 Å². The van der Waals surface area contributed by atoms with Gasteiger partial charge in [-0.3, -0.25) is 0 Å². The predicted octanol–water partition coefficient (Wildman–Crippen LogP) is 20.4. The van der Waals surface area contributed by atoms with E-state index < -0.39 is 0 Å². The summed E-state index contributed by atoms with van der Waals surface area (Å²) in [4.78, 5) is 56.5. The fourth-order valence-corrected chi connectivity index (χ4v) is 25.8. The van der Waals surface area contributed by atoms with Crippen LogP contribution in [0.25, 0.3) is 0 Å². The summed E-state index contributed by atoms with van der Waals surface area (Å²) in [7, 11) is 0. The molecule has 0 aromatic rings. The number of unbranched alkanes of at least 4 members (excludes halogenated alkanes) is 6. The molecular weight excluding hydrogens is 1170 g/mol. The Balaban J connectivity index is 0.000000129. The zero-order chi connectivity index (χ0) is 65.7. The lowest BCUT2D eigenvalue weighted by atomic mass is 9.48. The van der Waals surface area contributed by atoms with E-state index in [4.69, 9.17) is 23.7 Å². The maximum atomic E-state index is 11.8. The van der Waals surface area contributed by atoms with E-state index in [2.05, 4.69) is 46.7 Å². The minimum absolute atomic E-state index is 0. The van der Waals surface area contributed by atoms with Crippen molar-refractivity contribution in [3.05, 3.63) is 62.3 Å². The van der Waals surface area contributed by atoms with E-state index in [1.54, 1.807) is 52.4 Å². The van der Waals surface area contributed by atoms with Crippen LogP contribution in [0.3, 0.4) is 0 Å². The van der Waals surface area contributed by atoms with Crippen molar-refractivity contribution in [3.8, 4) is 0 Å². The third-order valence-corrected chi connectivity index (χ3v) is 28.4. The molecule has 0 saturated heterocycles. The number of carbonyl (C=O) groups is 5. The molecule has 526 valence electrons. The number of hydrogen-bond acceptors (Lipinski definition) is 10. The first-order valence-electron chi connectivity index (χ1n) is 38.7. The summed E-state index contributed by atoms with van der Waals surface area (Å²) >= 11 is 0. The topological polar surface area (TPSA) is 132 Å². The Labute approximate surface area is 570 Å². The number of esters is 5. The monoisotopic (exact) mass is 1300 g/mol. The lowest BCUT2D eigenvalue weighted by Crippen LogP contribution is -2.58. The van der Waals surface area contributed by atoms with Gasteiger partial charge in [0, 0.05) is 29.4 Å². The van der Waals surface area contributed by atoms with Crippen LogP contribution in [0, 0.1) is 117 Å². The molecule has 0 radical (unpaired) electrons. The predicted molar refractivity (Wildman–Crippen MR) is 376 cm³/mol. The second-order valence-electron chi connectivity index (χ2n) is 35.8. The highest BCUT2D eigenvalue weighted by Crippen LogP contribution is 2.65. The average molecular weight is 1300 g/mol. The minimum atomic E-state index is -0.288. The molecule has 0 aromatic heterocycles. The highest BCUT2D eigenvalue weighted by Gasteiger charge is 2.59. The van der Waals surface area contributed by atoms with E-state index in [0.717, 1.165) is 107 Å². The van der Waals surface area contributed by atoms with Gasteiger partial charge in [-0.15, -0.1) is 0 Å². The molecule has 0 amide bonds. The largest absolute Gasteiger partial charge is 0.463 e. The Morgan fingerprint density at radius 1 is 0.330 bits per heavy atom. The zero-order valence-electron chi connectivity index (χ0n) is 58.9. The molecule has 10 heteroatoms. The van der Waals surface area contributed by atoms with Crippen LogP contribution in [0.2, 0.25) is 0 Å². The van der Waals surface area contributed by atoms with Gasteiger partial charge in [0.2, 0.25) is 0 Å². The second-order valence-corrected chi connectivity index (χ2v) is 35.8. The summed E-state index contributed by atoms with van der Waals surface area (Å²) in [5.74, 6) is 14.2. The molecule has 20 rings (SSSR count). The molecule has 0 heterocycles. The van der Waals surface area contributed by atoms with Crippen LogP contribution >= 0.6 is 0 Å². The van der Waals surface area contributed by atoms with E-state index in [-0.39, 0.29) is 48.5 Å². The van der Waals surface area contributed by atoms with Gasteiger partial charge in [-0.05, 0) is 356 Å². The van der Waals surface area contributed by atoms with Crippen LogP contribution in [0.1, 0.15) is 286 Å². The van der Waals surface area contributed by atoms with Gasteiger partial charge in [0.25, 0.3) is 0 Å². The molecule has 10 nitrogen and oxygen atoms in total. The minimum Gasteiger partial charge on any atom is -0.463 e. The highest BCUT2D eigenvalue weighted by molar-refractivity contribution is 5.87. The normalized spacial score (nSPS) is 41.0. The standard InChI is InChI=1S/C20H32O2.C19H30O2.2C15H22O2.C14H20O2.CH4/c1-15(2)19(21)22-8-6-4-3-5-7-20-12-16-9-17(13-20)11-18(10-16)14-20;1-2-18(20)21-8-6-4-3-5-7-19-12-15-9-16(13-19)11-17(10-15)14-19;1-9(2)14(16)17-15(3)12-5-10-4-11(7-12)8-13(15)6-10;1-2-14(16)17-4-3-15-8-11-5-12(9-15)7-13(6-11)10-15;1-3-13(15)16-14(2)11-5-9-4-10(7-11)8-12(14)6-9;/h16-18H,1,3-14H2,2H3;2,15-17H,1,3-14H2;10-13H,1,4-8H2,2-3H3;2,11-13H,1,3-10H2;3,9-12H,1,4-8H2,2H3;1H4. The summed E-state index contributed by atoms with van der Waals surface area (Å²) in [6.07, 6.45) is 57.7. The zero-order valence-corrected chi connectivity index (χ0v) is 58.9. The molecular formula is C84H130O10. The van der Waals surface area contributed by atoms with E-state index in [0.29, 0.717) is 60.1 Å². The summed E-state index contributed by atoms with van der Waals surface area (Å²) in [5, 5.41) is 0. The van der Waals surface area contributed by atoms with Gasteiger partial charge in [-0.1, -0.05) is 78.8 Å². The van der Waals surface area contributed by atoms with Crippen molar-refractivity contribution in [2.24, 2.45) is 117 Å². The Morgan fingerprint density at radius 3 is 0.904 bits per heavy atom. The van der Waals surface area contributed by atoms with Gasteiger partial charge in [-0.2, -0.15) is 0 Å². The third kappa shape index (κ3) is 17.7. The Hall–Kier alpha value is -3.95. The highest BCUT2D eigenvalue weighted by atomic mass is 16.6. The SMILES string of the molecule is C.C=C(C)C(=O)OC1(C)C2CC3CC(C2)CC1C3.C=C(C)C(=O)OCCCCCCC12CC3CC(CC(C3)C1)C2.C=CC(=O)OC1(C)C2CC3CC(C2)CC1C3.C=CC(=O)OCCC12CC3CC(CC(C3)C1)C2.C=CC(=O)OCCCCCCC12CC3CC(CC(C3)C1)C2. The molecule has 20 aliphatic carbocycles. The van der Waals surface area contributed by atoms with Gasteiger partial charge < -0.3 is 23.7 Å². The number of ether oxygens (including phenoxy) is 5. The molecule has 20 bridgehead atoms. The van der Waals surface area contributed by atoms with E-state index in [1.165, 1.54) is 211 Å². The van der Waals surface area contributed by atoms with E-state index in [1.807, 2.05) is 0 Å². The van der Waals surface area contributed by atoms with Gasteiger partial charge in [0.15, 0.2) is 0 Å². The van der Waals surface area contributed by atoms with Crippen molar-refractivity contribution in [2.75, 3.05) is 19.8 Å². The Bertz CT molecular complexity index is 2510. The Kier molecular flexibility index (Phi) is 24.4. The van der Waals surface area contributed by atoms with Crippen LogP contribution in [0.15, 0.2) is 62.3 Å². The average Bonchev–Trinajstić information content (AvgIpc) is 0.760. The van der Waals surface area contributed by atoms with Crippen LogP contribution in [-0.4, -0.2) is 60.9 Å². The van der Waals surface area contributed by atoms with Gasteiger partial charge in [0.1, 0.15) is 11.2 Å². The molecule has 0 N–H and O–H groups in total. The number of rotatable bonds is 24. The van der Waals surface area contributed by atoms with Gasteiger partial charge >= 0.3 is 29.8 Å². The van der Waals surface area contributed by atoms with Crippen molar-refractivity contribution in [1.82, 2.24) is 0 Å². The first-order valence-corrected chi connectivity index (χ1v) is 38.7. The summed E-state index contributed by atoms with van der Waals surface area (Å²) in [5.41, 5.74) is 2.63. The molecule has 20 aliphatic rings. The lowest BCUT2D eigenvalue weighted by molar-refractivity contribution is -0.199. The van der Waals surface area contributed by atoms with Crippen molar-refractivity contribution < 1.29 is 47.7 Å². The van der Waals surface area contributed by atoms with Crippen LogP contribution in [0.4, 0.5) is 0 Å². The number of hydrogen-bond donors (Lipinski definition) is 0. The summed E-state index contributed by atoms with van der Waals surface area (Å²) < 4.78 is 26.9. The van der Waals surface area contributed by atoms with Gasteiger partial charge in [-0.25, -0.2) is 24.0 Å². The summed E-state index contributed by atoms with van der Waals surface area (Å²) in [6.45, 7) is 27.1. The molecule has 20 saturated carbocycles. The maximum absolute atomic E-state index is 11.8. The number of carbonyl (C=O) groups excluding carboxylic acids is 5. The maximum Gasteiger partial charge on any atom is 0.333 e. The molecule has 0 aromatic carbocycles. The third-order valence-electron chi connectivity index (χ3n) is 28.4. The Morgan fingerprint density at radius 2 is 0.596 bits per heavy atom. The summed E-state index contributed by atoms with van der Waals surface area (Å²) in [6, 6.07) is 0. The second kappa shape index (κ2) is 31.5. The molecule has 20 fully saturated rings. The fourth-order valence-electron chi connectivity index (χ4n) is 25.8. The molecule has 94 heavy (non-hydrogen) atoms. The smallest absolute Gasteiger partial charge is 0.333 e. The molecule has 0 spiro atoms. The van der Waals surface area contributed by atoms with E-state index in [9.17, 15) is 24.0 Å². The van der Waals surface area contributed by atoms with Gasteiger partial charge in [0.05, 0.1) is 19.8 Å². The lowest BCUT2D eigenvalue weighted by Gasteiger charge is -2.59. The van der Waals surface area contributed by atoms with Crippen LogP contribution in [-0.2, 0) is 47.7 Å². The molecule has 0 atom stereocenters. The van der Waals surface area contributed by atoms with Crippen molar-refractivity contribution in [3.63, 3.8) is 0 Å². The molecule has 0 unspecified atom stereocenters. The van der Waals surface area contributed by atoms with Crippen LogP contribution < -0.4 is 0 Å².